The Balaban J connectivity index is 2.10. The van der Waals surface area contributed by atoms with Crippen LogP contribution in [0.4, 0.5) is 5.69 Å². The monoisotopic (exact) mass is 233 g/mol. The summed E-state index contributed by atoms with van der Waals surface area (Å²) in [6, 6.07) is 8.35. The lowest BCUT2D eigenvalue weighted by Crippen LogP contribution is -2.53. The number of rotatable bonds is 3. The van der Waals surface area contributed by atoms with E-state index in [1.165, 1.54) is 12.7 Å². The van der Waals surface area contributed by atoms with E-state index in [2.05, 4.69) is 43.0 Å². The van der Waals surface area contributed by atoms with Crippen molar-refractivity contribution in [3.8, 4) is 0 Å². The second-order valence-corrected chi connectivity index (χ2v) is 4.77. The molecule has 3 heteroatoms. The third-order valence-electron chi connectivity index (χ3n) is 3.38. The summed E-state index contributed by atoms with van der Waals surface area (Å²) < 4.78 is 4.79. The van der Waals surface area contributed by atoms with E-state index in [-0.39, 0.29) is 12.0 Å². The van der Waals surface area contributed by atoms with Gasteiger partial charge in [0.25, 0.3) is 0 Å². The molecule has 0 aromatic heterocycles. The van der Waals surface area contributed by atoms with Gasteiger partial charge in [-0.15, -0.1) is 0 Å². The van der Waals surface area contributed by atoms with E-state index in [1.54, 1.807) is 0 Å². The van der Waals surface area contributed by atoms with E-state index in [4.69, 9.17) is 4.74 Å². The molecule has 1 unspecified atom stereocenters. The first-order chi connectivity index (χ1) is 8.13. The topological polar surface area (TPSA) is 29.5 Å². The number of esters is 1. The highest BCUT2D eigenvalue weighted by Gasteiger charge is 2.34. The van der Waals surface area contributed by atoms with Crippen molar-refractivity contribution >= 4 is 11.7 Å². The quantitative estimate of drug-likeness (QED) is 0.751. The van der Waals surface area contributed by atoms with E-state index in [0.29, 0.717) is 5.92 Å². The minimum atomic E-state index is -0.135. The smallest absolute Gasteiger partial charge is 0.328 e. The van der Waals surface area contributed by atoms with Gasteiger partial charge in [0, 0.05) is 12.2 Å². The Hall–Kier alpha value is -1.51. The molecule has 17 heavy (non-hydrogen) atoms. The van der Waals surface area contributed by atoms with Crippen molar-refractivity contribution in [2.24, 2.45) is 0 Å². The molecule has 1 atom stereocenters. The van der Waals surface area contributed by atoms with Crippen LogP contribution in [-0.2, 0) is 9.53 Å². The molecular weight excluding hydrogens is 214 g/mol. The third kappa shape index (κ3) is 2.28. The molecule has 1 heterocycles. The number of carbonyl (C=O) groups is 1. The molecule has 0 bridgehead atoms. The van der Waals surface area contributed by atoms with Gasteiger partial charge in [0.1, 0.15) is 6.04 Å². The lowest BCUT2D eigenvalue weighted by Gasteiger charge is -2.40. The Kier molecular flexibility index (Phi) is 3.36. The standard InChI is InChI=1S/C14H19NO2/c1-10(2)11-4-6-12(7-5-11)15-9-8-13(15)14(16)17-3/h4-7,10,13H,8-9H2,1-3H3. The number of methoxy groups -OCH3 is 1. The fraction of sp³-hybridized carbons (Fsp3) is 0.500. The summed E-state index contributed by atoms with van der Waals surface area (Å²) in [6.45, 7) is 5.28. The second-order valence-electron chi connectivity index (χ2n) is 4.77. The number of anilines is 1. The summed E-state index contributed by atoms with van der Waals surface area (Å²) in [5.74, 6) is 0.404. The van der Waals surface area contributed by atoms with Crippen molar-refractivity contribution in [1.29, 1.82) is 0 Å². The molecule has 0 N–H and O–H groups in total. The minimum absolute atomic E-state index is 0.0927. The molecule has 2 rings (SSSR count). The lowest BCUT2D eigenvalue weighted by atomic mass is 9.99. The molecule has 1 aromatic carbocycles. The Morgan fingerprint density at radius 1 is 1.35 bits per heavy atom. The van der Waals surface area contributed by atoms with Crippen LogP contribution < -0.4 is 4.90 Å². The summed E-state index contributed by atoms with van der Waals surface area (Å²) in [5, 5.41) is 0. The van der Waals surface area contributed by atoms with E-state index < -0.39 is 0 Å². The summed E-state index contributed by atoms with van der Waals surface area (Å²) in [7, 11) is 1.45. The zero-order chi connectivity index (χ0) is 12.4. The fourth-order valence-electron chi connectivity index (χ4n) is 2.13. The molecule has 0 aliphatic carbocycles. The highest BCUT2D eigenvalue weighted by Crippen LogP contribution is 2.28. The minimum Gasteiger partial charge on any atom is -0.467 e. The molecule has 1 fully saturated rings. The Morgan fingerprint density at radius 2 is 2.00 bits per heavy atom. The largest absolute Gasteiger partial charge is 0.467 e. The molecule has 0 amide bonds. The average molecular weight is 233 g/mol. The lowest BCUT2D eigenvalue weighted by molar-refractivity contribution is -0.143. The van der Waals surface area contributed by atoms with E-state index in [9.17, 15) is 4.79 Å². The van der Waals surface area contributed by atoms with Gasteiger partial charge in [-0.2, -0.15) is 0 Å². The van der Waals surface area contributed by atoms with Crippen LogP contribution >= 0.6 is 0 Å². The van der Waals surface area contributed by atoms with Gasteiger partial charge in [0.2, 0.25) is 0 Å². The predicted octanol–water partition coefficient (Wildman–Crippen LogP) is 2.56. The summed E-state index contributed by atoms with van der Waals surface area (Å²) in [5.41, 5.74) is 2.43. The Labute approximate surface area is 102 Å². The number of nitrogens with zero attached hydrogens (tertiary/aromatic N) is 1. The fourth-order valence-corrected chi connectivity index (χ4v) is 2.13. The molecular formula is C14H19NO2. The zero-order valence-electron chi connectivity index (χ0n) is 10.6. The molecule has 0 radical (unpaired) electrons. The van der Waals surface area contributed by atoms with Gasteiger partial charge in [0.05, 0.1) is 7.11 Å². The molecule has 3 nitrogen and oxygen atoms in total. The van der Waals surface area contributed by atoms with Gasteiger partial charge >= 0.3 is 5.97 Å². The zero-order valence-corrected chi connectivity index (χ0v) is 10.6. The van der Waals surface area contributed by atoms with Crippen LogP contribution in [0.2, 0.25) is 0 Å². The number of hydrogen-bond donors (Lipinski definition) is 0. The van der Waals surface area contributed by atoms with Gasteiger partial charge in [-0.05, 0) is 30.0 Å². The van der Waals surface area contributed by atoms with Crippen LogP contribution in [0.5, 0.6) is 0 Å². The first-order valence-corrected chi connectivity index (χ1v) is 6.08. The van der Waals surface area contributed by atoms with Crippen molar-refractivity contribution < 1.29 is 9.53 Å². The van der Waals surface area contributed by atoms with E-state index in [0.717, 1.165) is 18.7 Å². The molecule has 1 saturated heterocycles. The number of benzene rings is 1. The van der Waals surface area contributed by atoms with Crippen molar-refractivity contribution in [3.63, 3.8) is 0 Å². The van der Waals surface area contributed by atoms with Gasteiger partial charge in [-0.25, -0.2) is 4.79 Å². The second kappa shape index (κ2) is 4.78. The highest BCUT2D eigenvalue weighted by atomic mass is 16.5. The maximum absolute atomic E-state index is 11.5. The number of hydrogen-bond acceptors (Lipinski definition) is 3. The van der Waals surface area contributed by atoms with Crippen molar-refractivity contribution in [2.75, 3.05) is 18.6 Å². The highest BCUT2D eigenvalue weighted by molar-refractivity contribution is 5.82. The predicted molar refractivity (Wildman–Crippen MR) is 68.3 cm³/mol. The molecule has 1 aliphatic heterocycles. The average Bonchev–Trinajstić information content (AvgIpc) is 2.28. The Morgan fingerprint density at radius 3 is 2.41 bits per heavy atom. The Bertz CT molecular complexity index is 397. The van der Waals surface area contributed by atoms with Gasteiger partial charge in [-0.1, -0.05) is 26.0 Å². The number of ether oxygens (including phenoxy) is 1. The van der Waals surface area contributed by atoms with Crippen molar-refractivity contribution in [3.05, 3.63) is 29.8 Å². The maximum Gasteiger partial charge on any atom is 0.328 e. The van der Waals surface area contributed by atoms with Crippen LogP contribution in [0.15, 0.2) is 24.3 Å². The molecule has 1 aliphatic rings. The van der Waals surface area contributed by atoms with Crippen molar-refractivity contribution in [1.82, 2.24) is 0 Å². The number of carbonyl (C=O) groups excluding carboxylic acids is 1. The first-order valence-electron chi connectivity index (χ1n) is 6.08. The normalized spacial score (nSPS) is 19.1. The van der Waals surface area contributed by atoms with Crippen LogP contribution in [-0.4, -0.2) is 25.7 Å². The maximum atomic E-state index is 11.5. The van der Waals surface area contributed by atoms with Crippen LogP contribution in [0.3, 0.4) is 0 Å². The molecule has 1 aromatic rings. The van der Waals surface area contributed by atoms with Crippen LogP contribution in [0.25, 0.3) is 0 Å². The van der Waals surface area contributed by atoms with Crippen LogP contribution in [0, 0.1) is 0 Å². The summed E-state index contributed by atoms with van der Waals surface area (Å²) in [4.78, 5) is 13.6. The summed E-state index contributed by atoms with van der Waals surface area (Å²) >= 11 is 0. The van der Waals surface area contributed by atoms with Crippen molar-refractivity contribution in [2.45, 2.75) is 32.2 Å². The van der Waals surface area contributed by atoms with Gasteiger partial charge < -0.3 is 9.64 Å². The summed E-state index contributed by atoms with van der Waals surface area (Å²) in [6.07, 6.45) is 0.888. The van der Waals surface area contributed by atoms with Crippen LogP contribution in [0.1, 0.15) is 31.7 Å². The van der Waals surface area contributed by atoms with E-state index in [1.807, 2.05) is 0 Å². The SMILES string of the molecule is COC(=O)C1CCN1c1ccc(C(C)C)cc1. The van der Waals surface area contributed by atoms with E-state index >= 15 is 0 Å². The molecule has 0 saturated carbocycles. The molecule has 0 spiro atoms. The third-order valence-corrected chi connectivity index (χ3v) is 3.38. The van der Waals surface area contributed by atoms with Gasteiger partial charge in [-0.3, -0.25) is 0 Å². The van der Waals surface area contributed by atoms with Gasteiger partial charge in [0.15, 0.2) is 0 Å². The first kappa shape index (κ1) is 12.0. The molecule has 92 valence electrons.